The summed E-state index contributed by atoms with van der Waals surface area (Å²) in [6.45, 7) is 0. The molecule has 0 fully saturated rings. The SMILES string of the molecule is O=C([O-])CCCCCCCCCCSS(=O)(=O)O.[Na+]. The second-order valence-corrected chi connectivity index (χ2v) is 7.67. The molecule has 0 unspecified atom stereocenters. The van der Waals surface area contributed by atoms with E-state index in [1.54, 1.807) is 0 Å². The summed E-state index contributed by atoms with van der Waals surface area (Å²) in [6, 6.07) is 0. The molecule has 0 aliphatic heterocycles. The first-order valence-electron chi connectivity index (χ1n) is 6.23. The molecule has 0 saturated carbocycles. The fourth-order valence-corrected chi connectivity index (χ4v) is 3.11. The molecule has 0 aromatic rings. The summed E-state index contributed by atoms with van der Waals surface area (Å²) in [6.07, 6.45) is 7.75. The Kier molecular flexibility index (Phi) is 15.9. The van der Waals surface area contributed by atoms with Crippen LogP contribution in [0.4, 0.5) is 0 Å². The molecular formula is C11H21NaO5S2. The van der Waals surface area contributed by atoms with Crippen LogP contribution in [0, 0.1) is 0 Å². The average molecular weight is 320 g/mol. The van der Waals surface area contributed by atoms with Gasteiger partial charge < -0.3 is 9.90 Å². The minimum Gasteiger partial charge on any atom is -0.550 e. The van der Waals surface area contributed by atoms with Crippen LogP contribution in [-0.2, 0) is 13.9 Å². The van der Waals surface area contributed by atoms with Gasteiger partial charge in [-0.1, -0.05) is 38.5 Å². The summed E-state index contributed by atoms with van der Waals surface area (Å²) < 4.78 is 29.2. The maximum Gasteiger partial charge on any atom is 1.00 e. The van der Waals surface area contributed by atoms with E-state index < -0.39 is 15.1 Å². The van der Waals surface area contributed by atoms with Crippen LogP contribution in [-0.4, -0.2) is 24.7 Å². The number of rotatable bonds is 12. The van der Waals surface area contributed by atoms with E-state index in [4.69, 9.17) is 4.55 Å². The summed E-state index contributed by atoms with van der Waals surface area (Å²) in [5.41, 5.74) is 0. The van der Waals surface area contributed by atoms with Crippen molar-refractivity contribution in [3.8, 4) is 0 Å². The first kappa shape index (κ1) is 22.0. The van der Waals surface area contributed by atoms with Gasteiger partial charge in [0.25, 0.3) is 0 Å². The zero-order valence-corrected chi connectivity index (χ0v) is 15.1. The zero-order valence-electron chi connectivity index (χ0n) is 11.5. The third-order valence-corrected chi connectivity index (χ3v) is 4.65. The van der Waals surface area contributed by atoms with Crippen molar-refractivity contribution in [1.82, 2.24) is 0 Å². The van der Waals surface area contributed by atoms with E-state index in [2.05, 4.69) is 0 Å². The van der Waals surface area contributed by atoms with Crippen molar-refractivity contribution >= 4 is 25.9 Å². The number of hydrogen-bond acceptors (Lipinski definition) is 5. The molecule has 0 saturated heterocycles. The largest absolute Gasteiger partial charge is 1.00 e. The van der Waals surface area contributed by atoms with Gasteiger partial charge in [0.1, 0.15) is 0 Å². The van der Waals surface area contributed by atoms with Crippen LogP contribution in [0.5, 0.6) is 0 Å². The Balaban J connectivity index is 0. The van der Waals surface area contributed by atoms with Crippen molar-refractivity contribution in [2.75, 3.05) is 5.75 Å². The van der Waals surface area contributed by atoms with Gasteiger partial charge in [0.05, 0.1) is 0 Å². The van der Waals surface area contributed by atoms with Crippen LogP contribution in [0.15, 0.2) is 0 Å². The van der Waals surface area contributed by atoms with E-state index in [1.165, 1.54) is 0 Å². The summed E-state index contributed by atoms with van der Waals surface area (Å²) >= 11 is 0. The summed E-state index contributed by atoms with van der Waals surface area (Å²) in [7, 11) is -3.30. The third-order valence-electron chi connectivity index (χ3n) is 2.51. The Hall–Kier alpha value is 0.730. The van der Waals surface area contributed by atoms with Crippen molar-refractivity contribution in [1.29, 1.82) is 0 Å². The molecule has 0 heterocycles. The van der Waals surface area contributed by atoms with E-state index >= 15 is 0 Å². The van der Waals surface area contributed by atoms with Gasteiger partial charge in [0, 0.05) is 11.7 Å². The van der Waals surface area contributed by atoms with Gasteiger partial charge in [-0.2, -0.15) is 8.42 Å². The second kappa shape index (κ2) is 13.7. The minimum atomic E-state index is -3.88. The first-order chi connectivity index (χ1) is 8.42. The Morgan fingerprint density at radius 1 is 0.947 bits per heavy atom. The van der Waals surface area contributed by atoms with E-state index in [0.29, 0.717) is 23.0 Å². The molecule has 1 N–H and O–H groups in total. The second-order valence-electron chi connectivity index (χ2n) is 4.20. The summed E-state index contributed by atoms with van der Waals surface area (Å²) in [5.74, 6) is -0.545. The van der Waals surface area contributed by atoms with Gasteiger partial charge in [-0.25, -0.2) is 0 Å². The number of carbonyl (C=O) groups is 1. The zero-order chi connectivity index (χ0) is 13.9. The molecule has 0 spiro atoms. The Morgan fingerprint density at radius 2 is 1.37 bits per heavy atom. The van der Waals surface area contributed by atoms with Gasteiger partial charge in [-0.15, -0.1) is 0 Å². The van der Waals surface area contributed by atoms with Crippen LogP contribution in [0.25, 0.3) is 0 Å². The van der Waals surface area contributed by atoms with E-state index in [-0.39, 0.29) is 36.0 Å². The van der Waals surface area contributed by atoms with Crippen LogP contribution >= 0.6 is 10.8 Å². The van der Waals surface area contributed by atoms with Crippen molar-refractivity contribution in [3.63, 3.8) is 0 Å². The van der Waals surface area contributed by atoms with Gasteiger partial charge >= 0.3 is 38.7 Å². The number of aliphatic carboxylic acids is 1. The predicted octanol–water partition coefficient (Wildman–Crippen LogP) is -1.21. The molecule has 0 bridgehead atoms. The predicted molar refractivity (Wildman–Crippen MR) is 70.6 cm³/mol. The van der Waals surface area contributed by atoms with Gasteiger partial charge in [-0.3, -0.25) is 4.55 Å². The van der Waals surface area contributed by atoms with Crippen LogP contribution in [0.2, 0.25) is 0 Å². The number of carboxylic acid groups (broad SMARTS) is 1. The third kappa shape index (κ3) is 21.2. The van der Waals surface area contributed by atoms with Crippen LogP contribution < -0.4 is 34.7 Å². The molecule has 0 atom stereocenters. The molecule has 0 amide bonds. The fourth-order valence-electron chi connectivity index (χ4n) is 1.60. The summed E-state index contributed by atoms with van der Waals surface area (Å²) in [5, 5.41) is 10.1. The van der Waals surface area contributed by atoms with Crippen LogP contribution in [0.3, 0.4) is 0 Å². The van der Waals surface area contributed by atoms with Crippen molar-refractivity contribution in [2.24, 2.45) is 0 Å². The monoisotopic (exact) mass is 320 g/mol. The van der Waals surface area contributed by atoms with E-state index in [9.17, 15) is 18.3 Å². The normalized spacial score (nSPS) is 11.0. The maximum absolute atomic E-state index is 10.4. The van der Waals surface area contributed by atoms with Crippen molar-refractivity contribution in [3.05, 3.63) is 0 Å². The number of hydrogen-bond donors (Lipinski definition) is 1. The van der Waals surface area contributed by atoms with Gasteiger partial charge in [-0.05, 0) is 30.1 Å². The molecule has 19 heavy (non-hydrogen) atoms. The number of carbonyl (C=O) groups excluding carboxylic acids is 1. The van der Waals surface area contributed by atoms with Gasteiger partial charge in [0.2, 0.25) is 0 Å². The maximum atomic E-state index is 10.4. The Bertz CT molecular complexity index is 319. The fraction of sp³-hybridized carbons (Fsp3) is 0.909. The van der Waals surface area contributed by atoms with Crippen molar-refractivity contribution < 1.29 is 52.4 Å². The molecule has 108 valence electrons. The van der Waals surface area contributed by atoms with Gasteiger partial charge in [0.15, 0.2) is 0 Å². The summed E-state index contributed by atoms with van der Waals surface area (Å²) in [4.78, 5) is 10.1. The topological polar surface area (TPSA) is 94.5 Å². The number of unbranched alkanes of at least 4 members (excludes halogenated alkanes) is 7. The Morgan fingerprint density at radius 3 is 1.79 bits per heavy atom. The molecular weight excluding hydrogens is 299 g/mol. The molecule has 0 aliphatic carbocycles. The first-order valence-corrected chi connectivity index (χ1v) is 9.18. The molecule has 0 aromatic heterocycles. The number of carboxylic acids is 1. The Labute approximate surface area is 141 Å². The minimum absolute atomic E-state index is 0. The molecule has 0 aromatic carbocycles. The molecule has 0 radical (unpaired) electrons. The molecule has 5 nitrogen and oxygen atoms in total. The van der Waals surface area contributed by atoms with E-state index in [0.717, 1.165) is 44.9 Å². The molecule has 0 rings (SSSR count). The molecule has 0 aliphatic rings. The van der Waals surface area contributed by atoms with Crippen LogP contribution in [0.1, 0.15) is 57.8 Å². The van der Waals surface area contributed by atoms with E-state index in [1.807, 2.05) is 0 Å². The standard InChI is InChI=1S/C11H22O5S2.Na/c12-11(13)9-7-5-3-1-2-4-6-8-10-17-18(14,15)16;/h1-10H2,(H,12,13)(H,14,15,16);/q;+1/p-1. The quantitative estimate of drug-likeness (QED) is 0.210. The van der Waals surface area contributed by atoms with Crippen molar-refractivity contribution in [2.45, 2.75) is 57.8 Å². The average Bonchev–Trinajstić information content (AvgIpc) is 2.24. The smallest absolute Gasteiger partial charge is 0.550 e. The molecule has 8 heteroatoms.